The summed E-state index contributed by atoms with van der Waals surface area (Å²) in [5.74, 6) is 0.125. The molecule has 0 heterocycles. The van der Waals surface area contributed by atoms with Crippen LogP contribution in [0.25, 0.3) is 0 Å². The Kier molecular flexibility index (Phi) is 4.82. The molecule has 0 radical (unpaired) electrons. The van der Waals surface area contributed by atoms with E-state index in [1.54, 1.807) is 0 Å². The van der Waals surface area contributed by atoms with E-state index in [4.69, 9.17) is 0 Å². The molecule has 0 bridgehead atoms. The third kappa shape index (κ3) is 4.04. The van der Waals surface area contributed by atoms with Crippen LogP contribution in [0.5, 0.6) is 0 Å². The van der Waals surface area contributed by atoms with Gasteiger partial charge in [0.1, 0.15) is 0 Å². The minimum Gasteiger partial charge on any atom is -0.352 e. The topological polar surface area (TPSA) is 29.1 Å². The standard InChI is InChI=1S/C12H16BrNO/c1-3-4-12(15)14-8-10-5-6-11(13)7-9(10)2/h5-7H,3-4,8H2,1-2H3,(H,14,15). The first-order chi connectivity index (χ1) is 7.13. The molecule has 0 aliphatic rings. The van der Waals surface area contributed by atoms with Crippen LogP contribution in [0, 0.1) is 6.92 Å². The first-order valence-corrected chi connectivity index (χ1v) is 5.94. The van der Waals surface area contributed by atoms with E-state index >= 15 is 0 Å². The Hall–Kier alpha value is -0.830. The van der Waals surface area contributed by atoms with Crippen LogP contribution in [-0.2, 0) is 11.3 Å². The highest BCUT2D eigenvalue weighted by molar-refractivity contribution is 9.10. The summed E-state index contributed by atoms with van der Waals surface area (Å²) < 4.78 is 1.07. The van der Waals surface area contributed by atoms with Gasteiger partial charge in [0.2, 0.25) is 5.91 Å². The third-order valence-electron chi connectivity index (χ3n) is 2.26. The molecule has 1 rings (SSSR count). The number of hydrogen-bond acceptors (Lipinski definition) is 1. The molecule has 0 aromatic heterocycles. The summed E-state index contributed by atoms with van der Waals surface area (Å²) in [5.41, 5.74) is 2.36. The summed E-state index contributed by atoms with van der Waals surface area (Å²) in [6.07, 6.45) is 1.50. The van der Waals surface area contributed by atoms with Crippen molar-refractivity contribution >= 4 is 21.8 Å². The van der Waals surface area contributed by atoms with Crippen LogP contribution in [0.15, 0.2) is 22.7 Å². The van der Waals surface area contributed by atoms with E-state index in [0.29, 0.717) is 13.0 Å². The summed E-state index contributed by atoms with van der Waals surface area (Å²) in [6.45, 7) is 4.68. The predicted molar refractivity (Wildman–Crippen MR) is 65.6 cm³/mol. The van der Waals surface area contributed by atoms with Crippen molar-refractivity contribution in [2.45, 2.75) is 33.2 Å². The molecule has 0 fully saturated rings. The van der Waals surface area contributed by atoms with Crippen LogP contribution < -0.4 is 5.32 Å². The Morgan fingerprint density at radius 3 is 2.80 bits per heavy atom. The number of carbonyl (C=O) groups is 1. The summed E-state index contributed by atoms with van der Waals surface area (Å²) in [4.78, 5) is 11.3. The minimum atomic E-state index is 0.125. The Bertz CT molecular complexity index is 349. The van der Waals surface area contributed by atoms with Crippen molar-refractivity contribution in [2.75, 3.05) is 0 Å². The number of hydrogen-bond donors (Lipinski definition) is 1. The van der Waals surface area contributed by atoms with Gasteiger partial charge in [-0.05, 0) is 36.6 Å². The lowest BCUT2D eigenvalue weighted by molar-refractivity contribution is -0.121. The molecule has 0 saturated carbocycles. The number of amides is 1. The Labute approximate surface area is 99.2 Å². The van der Waals surface area contributed by atoms with Crippen molar-refractivity contribution < 1.29 is 4.79 Å². The van der Waals surface area contributed by atoms with Crippen molar-refractivity contribution in [3.05, 3.63) is 33.8 Å². The van der Waals surface area contributed by atoms with E-state index in [2.05, 4.69) is 27.3 Å². The number of aryl methyl sites for hydroxylation is 1. The zero-order valence-corrected chi connectivity index (χ0v) is 10.7. The molecular weight excluding hydrogens is 254 g/mol. The molecule has 1 aromatic carbocycles. The number of nitrogens with one attached hydrogen (secondary N) is 1. The van der Waals surface area contributed by atoms with Crippen LogP contribution in [0.4, 0.5) is 0 Å². The molecule has 3 heteroatoms. The van der Waals surface area contributed by atoms with Gasteiger partial charge in [-0.2, -0.15) is 0 Å². The number of benzene rings is 1. The van der Waals surface area contributed by atoms with Gasteiger partial charge in [0.15, 0.2) is 0 Å². The molecule has 1 amide bonds. The predicted octanol–water partition coefficient (Wildman–Crippen LogP) is 3.17. The Balaban J connectivity index is 2.54. The third-order valence-corrected chi connectivity index (χ3v) is 2.75. The van der Waals surface area contributed by atoms with Crippen LogP contribution in [0.2, 0.25) is 0 Å². The van der Waals surface area contributed by atoms with Crippen LogP contribution in [0.3, 0.4) is 0 Å². The van der Waals surface area contributed by atoms with Crippen LogP contribution in [-0.4, -0.2) is 5.91 Å². The molecule has 0 aliphatic carbocycles. The SMILES string of the molecule is CCCC(=O)NCc1ccc(Br)cc1C. The molecule has 82 valence electrons. The van der Waals surface area contributed by atoms with Gasteiger partial charge in [0, 0.05) is 17.4 Å². The second-order valence-electron chi connectivity index (χ2n) is 3.60. The van der Waals surface area contributed by atoms with Crippen molar-refractivity contribution in [3.63, 3.8) is 0 Å². The zero-order valence-electron chi connectivity index (χ0n) is 9.14. The molecule has 0 spiro atoms. The summed E-state index contributed by atoms with van der Waals surface area (Å²) in [7, 11) is 0. The maximum atomic E-state index is 11.3. The summed E-state index contributed by atoms with van der Waals surface area (Å²) >= 11 is 3.41. The second kappa shape index (κ2) is 5.91. The average Bonchev–Trinajstić information content (AvgIpc) is 2.17. The molecule has 0 saturated heterocycles. The maximum Gasteiger partial charge on any atom is 0.220 e. The lowest BCUT2D eigenvalue weighted by Gasteiger charge is -2.07. The van der Waals surface area contributed by atoms with E-state index < -0.39 is 0 Å². The average molecular weight is 270 g/mol. The van der Waals surface area contributed by atoms with Crippen molar-refractivity contribution in [2.24, 2.45) is 0 Å². The second-order valence-corrected chi connectivity index (χ2v) is 4.51. The van der Waals surface area contributed by atoms with E-state index in [-0.39, 0.29) is 5.91 Å². The van der Waals surface area contributed by atoms with Crippen LogP contribution >= 0.6 is 15.9 Å². The first kappa shape index (κ1) is 12.2. The normalized spacial score (nSPS) is 10.1. The number of carbonyl (C=O) groups excluding carboxylic acids is 1. The van der Waals surface area contributed by atoms with E-state index in [9.17, 15) is 4.79 Å². The molecule has 0 atom stereocenters. The van der Waals surface area contributed by atoms with E-state index in [0.717, 1.165) is 10.9 Å². The van der Waals surface area contributed by atoms with Crippen molar-refractivity contribution in [1.29, 1.82) is 0 Å². The lowest BCUT2D eigenvalue weighted by Crippen LogP contribution is -2.22. The molecule has 15 heavy (non-hydrogen) atoms. The van der Waals surface area contributed by atoms with Crippen LogP contribution in [0.1, 0.15) is 30.9 Å². The van der Waals surface area contributed by atoms with E-state index in [1.165, 1.54) is 11.1 Å². The lowest BCUT2D eigenvalue weighted by atomic mass is 10.1. The molecule has 0 aliphatic heterocycles. The largest absolute Gasteiger partial charge is 0.352 e. The fraction of sp³-hybridized carbons (Fsp3) is 0.417. The van der Waals surface area contributed by atoms with Crippen molar-refractivity contribution in [1.82, 2.24) is 5.32 Å². The van der Waals surface area contributed by atoms with Gasteiger partial charge in [-0.1, -0.05) is 28.9 Å². The highest BCUT2D eigenvalue weighted by Crippen LogP contribution is 2.15. The Morgan fingerprint density at radius 2 is 2.20 bits per heavy atom. The monoisotopic (exact) mass is 269 g/mol. The Morgan fingerprint density at radius 1 is 1.47 bits per heavy atom. The fourth-order valence-electron chi connectivity index (χ4n) is 1.37. The van der Waals surface area contributed by atoms with Gasteiger partial charge in [0.05, 0.1) is 0 Å². The summed E-state index contributed by atoms with van der Waals surface area (Å²) in [6, 6.07) is 6.08. The van der Waals surface area contributed by atoms with Gasteiger partial charge in [0.25, 0.3) is 0 Å². The highest BCUT2D eigenvalue weighted by atomic mass is 79.9. The highest BCUT2D eigenvalue weighted by Gasteiger charge is 2.02. The van der Waals surface area contributed by atoms with Crippen molar-refractivity contribution in [3.8, 4) is 0 Å². The smallest absolute Gasteiger partial charge is 0.220 e. The number of halogens is 1. The van der Waals surface area contributed by atoms with Gasteiger partial charge >= 0.3 is 0 Å². The fourth-order valence-corrected chi connectivity index (χ4v) is 1.84. The summed E-state index contributed by atoms with van der Waals surface area (Å²) in [5, 5.41) is 2.91. The van der Waals surface area contributed by atoms with E-state index in [1.807, 2.05) is 26.0 Å². The quantitative estimate of drug-likeness (QED) is 0.894. The molecule has 1 aromatic rings. The van der Waals surface area contributed by atoms with Gasteiger partial charge in [-0.15, -0.1) is 0 Å². The maximum absolute atomic E-state index is 11.3. The molecule has 2 nitrogen and oxygen atoms in total. The van der Waals surface area contributed by atoms with Gasteiger partial charge in [-0.3, -0.25) is 4.79 Å². The van der Waals surface area contributed by atoms with Gasteiger partial charge < -0.3 is 5.32 Å². The van der Waals surface area contributed by atoms with Gasteiger partial charge in [-0.25, -0.2) is 0 Å². The minimum absolute atomic E-state index is 0.125. The molecule has 0 unspecified atom stereocenters. The molecule has 1 N–H and O–H groups in total. The molecular formula is C12H16BrNO. The zero-order chi connectivity index (χ0) is 11.3. The first-order valence-electron chi connectivity index (χ1n) is 5.15. The number of rotatable bonds is 4.